The molecule has 1 aliphatic heterocycles. The van der Waals surface area contributed by atoms with Crippen molar-refractivity contribution in [2.24, 2.45) is 0 Å². The summed E-state index contributed by atoms with van der Waals surface area (Å²) in [6, 6.07) is 0.905. The lowest BCUT2D eigenvalue weighted by molar-refractivity contribution is -0.119. The number of hydrogen-bond acceptors (Lipinski definition) is 5. The summed E-state index contributed by atoms with van der Waals surface area (Å²) >= 11 is 1.23. The lowest BCUT2D eigenvalue weighted by atomic mass is 10.2. The Bertz CT molecular complexity index is 653. The van der Waals surface area contributed by atoms with Crippen LogP contribution in [0.3, 0.4) is 0 Å². The lowest BCUT2D eigenvalue weighted by Gasteiger charge is -2.21. The van der Waals surface area contributed by atoms with Gasteiger partial charge in [0.05, 0.1) is 11.8 Å². The first-order valence-corrected chi connectivity index (χ1v) is 9.14. The van der Waals surface area contributed by atoms with Crippen molar-refractivity contribution in [2.75, 3.05) is 25.2 Å². The number of thiophene rings is 1. The zero-order chi connectivity index (χ0) is 15.6. The van der Waals surface area contributed by atoms with E-state index in [0.717, 1.165) is 6.26 Å². The summed E-state index contributed by atoms with van der Waals surface area (Å²) in [4.78, 5) is 24.0. The first kappa shape index (κ1) is 15.9. The minimum Gasteiger partial charge on any atom is -0.355 e. The first-order chi connectivity index (χ1) is 9.84. The van der Waals surface area contributed by atoms with Gasteiger partial charge < -0.3 is 10.6 Å². The zero-order valence-electron chi connectivity index (χ0n) is 11.8. The molecule has 0 spiro atoms. The summed E-state index contributed by atoms with van der Waals surface area (Å²) in [5.41, 5.74) is 0.375. The van der Waals surface area contributed by atoms with Gasteiger partial charge in [0, 0.05) is 13.6 Å². The van der Waals surface area contributed by atoms with Crippen molar-refractivity contribution in [3.05, 3.63) is 17.0 Å². The highest BCUT2D eigenvalue weighted by Gasteiger charge is 2.36. The van der Waals surface area contributed by atoms with Gasteiger partial charge in [0.1, 0.15) is 11.0 Å². The molecule has 0 saturated carbocycles. The third-order valence-electron chi connectivity index (χ3n) is 3.31. The Hall–Kier alpha value is -1.45. The number of anilines is 1. The SMILES string of the molecule is CNC(=O)c1ccsc1NC(=O)[C@H]1CCCN1S(C)(=O)=O. The van der Waals surface area contributed by atoms with Crippen LogP contribution in [0.25, 0.3) is 0 Å². The topological polar surface area (TPSA) is 95.6 Å². The van der Waals surface area contributed by atoms with E-state index in [4.69, 9.17) is 0 Å². The molecule has 9 heteroatoms. The van der Waals surface area contributed by atoms with E-state index in [0.29, 0.717) is 30.0 Å². The molecule has 0 aromatic carbocycles. The molecule has 0 unspecified atom stereocenters. The maximum atomic E-state index is 12.3. The molecule has 1 saturated heterocycles. The second-order valence-corrected chi connectivity index (χ2v) is 7.61. The number of carbonyl (C=O) groups excluding carboxylic acids is 2. The Morgan fingerprint density at radius 1 is 1.43 bits per heavy atom. The molecule has 1 atom stereocenters. The minimum atomic E-state index is -3.41. The van der Waals surface area contributed by atoms with Crippen molar-refractivity contribution in [2.45, 2.75) is 18.9 Å². The number of sulfonamides is 1. The predicted molar refractivity (Wildman–Crippen MR) is 80.9 cm³/mol. The first-order valence-electron chi connectivity index (χ1n) is 6.42. The average molecular weight is 331 g/mol. The molecule has 116 valence electrons. The maximum absolute atomic E-state index is 12.3. The quantitative estimate of drug-likeness (QED) is 0.838. The van der Waals surface area contributed by atoms with Crippen LogP contribution < -0.4 is 10.6 Å². The Morgan fingerprint density at radius 3 is 2.76 bits per heavy atom. The fraction of sp³-hybridized carbons (Fsp3) is 0.500. The third kappa shape index (κ3) is 3.42. The molecule has 1 aromatic heterocycles. The van der Waals surface area contributed by atoms with Gasteiger partial charge in [-0.3, -0.25) is 9.59 Å². The highest BCUT2D eigenvalue weighted by molar-refractivity contribution is 7.88. The fourth-order valence-electron chi connectivity index (χ4n) is 2.31. The van der Waals surface area contributed by atoms with Gasteiger partial charge in [-0.25, -0.2) is 8.42 Å². The van der Waals surface area contributed by atoms with Crippen LogP contribution in [0, 0.1) is 0 Å². The van der Waals surface area contributed by atoms with E-state index in [1.54, 1.807) is 11.4 Å². The predicted octanol–water partition coefficient (Wildman–Crippen LogP) is 0.470. The van der Waals surface area contributed by atoms with Crippen molar-refractivity contribution < 1.29 is 18.0 Å². The molecule has 0 bridgehead atoms. The van der Waals surface area contributed by atoms with Crippen molar-refractivity contribution in [1.29, 1.82) is 0 Å². The average Bonchev–Trinajstić information content (AvgIpc) is 3.05. The van der Waals surface area contributed by atoms with Gasteiger partial charge in [0.25, 0.3) is 5.91 Å². The van der Waals surface area contributed by atoms with Crippen LogP contribution in [0.1, 0.15) is 23.2 Å². The van der Waals surface area contributed by atoms with Gasteiger partial charge in [0.2, 0.25) is 15.9 Å². The highest BCUT2D eigenvalue weighted by Crippen LogP contribution is 2.26. The van der Waals surface area contributed by atoms with Crippen LogP contribution in [0.4, 0.5) is 5.00 Å². The monoisotopic (exact) mass is 331 g/mol. The zero-order valence-corrected chi connectivity index (χ0v) is 13.4. The van der Waals surface area contributed by atoms with E-state index in [1.807, 2.05) is 0 Å². The molecular weight excluding hydrogens is 314 g/mol. The van der Waals surface area contributed by atoms with Gasteiger partial charge in [-0.05, 0) is 24.3 Å². The molecule has 1 aromatic rings. The van der Waals surface area contributed by atoms with Gasteiger partial charge in [-0.2, -0.15) is 4.31 Å². The summed E-state index contributed by atoms with van der Waals surface area (Å²) in [5, 5.41) is 7.28. The molecule has 7 nitrogen and oxygen atoms in total. The normalized spacial score (nSPS) is 19.4. The number of carbonyl (C=O) groups is 2. The maximum Gasteiger partial charge on any atom is 0.254 e. The number of amides is 2. The minimum absolute atomic E-state index is 0.294. The van der Waals surface area contributed by atoms with Crippen LogP contribution in [-0.2, 0) is 14.8 Å². The van der Waals surface area contributed by atoms with E-state index in [2.05, 4.69) is 10.6 Å². The van der Waals surface area contributed by atoms with Crippen LogP contribution in [0.2, 0.25) is 0 Å². The Morgan fingerprint density at radius 2 is 2.14 bits per heavy atom. The molecule has 21 heavy (non-hydrogen) atoms. The number of rotatable bonds is 4. The van der Waals surface area contributed by atoms with Crippen molar-refractivity contribution >= 4 is 38.2 Å². The smallest absolute Gasteiger partial charge is 0.254 e. The van der Waals surface area contributed by atoms with E-state index < -0.39 is 22.0 Å². The second kappa shape index (κ2) is 6.12. The van der Waals surface area contributed by atoms with Crippen molar-refractivity contribution in [1.82, 2.24) is 9.62 Å². The van der Waals surface area contributed by atoms with E-state index in [9.17, 15) is 18.0 Å². The number of nitrogens with one attached hydrogen (secondary N) is 2. The Kier molecular flexibility index (Phi) is 4.64. The molecule has 2 N–H and O–H groups in total. The molecule has 0 radical (unpaired) electrons. The van der Waals surface area contributed by atoms with E-state index >= 15 is 0 Å². The highest BCUT2D eigenvalue weighted by atomic mass is 32.2. The van der Waals surface area contributed by atoms with Crippen LogP contribution in [-0.4, -0.2) is 50.4 Å². The van der Waals surface area contributed by atoms with Crippen LogP contribution in [0.15, 0.2) is 11.4 Å². The van der Waals surface area contributed by atoms with Crippen LogP contribution in [0.5, 0.6) is 0 Å². The lowest BCUT2D eigenvalue weighted by Crippen LogP contribution is -2.42. The fourth-order valence-corrected chi connectivity index (χ4v) is 4.23. The number of nitrogens with zero attached hydrogens (tertiary/aromatic N) is 1. The molecule has 0 aliphatic carbocycles. The molecular formula is C12H17N3O4S2. The summed E-state index contributed by atoms with van der Waals surface area (Å²) < 4.78 is 24.5. The van der Waals surface area contributed by atoms with Crippen LogP contribution >= 0.6 is 11.3 Å². The van der Waals surface area contributed by atoms with Gasteiger partial charge >= 0.3 is 0 Å². The van der Waals surface area contributed by atoms with Gasteiger partial charge in [0.15, 0.2) is 0 Å². The van der Waals surface area contributed by atoms with E-state index in [1.165, 1.54) is 22.7 Å². The number of hydrogen-bond donors (Lipinski definition) is 2. The summed E-state index contributed by atoms with van der Waals surface area (Å²) in [5.74, 6) is -0.691. The summed E-state index contributed by atoms with van der Waals surface area (Å²) in [6.07, 6.45) is 2.23. The van der Waals surface area contributed by atoms with Crippen molar-refractivity contribution in [3.63, 3.8) is 0 Å². The molecule has 1 fully saturated rings. The van der Waals surface area contributed by atoms with Crippen molar-refractivity contribution in [3.8, 4) is 0 Å². The Labute approximate surface area is 127 Å². The third-order valence-corrected chi connectivity index (χ3v) is 5.42. The Balaban J connectivity index is 2.15. The molecule has 2 rings (SSSR count). The standard InChI is InChI=1S/C12H17N3O4S2/c1-13-10(16)8-5-7-20-12(8)14-11(17)9-4-3-6-15(9)21(2,18)19/h5,7,9H,3-4,6H2,1-2H3,(H,13,16)(H,14,17)/t9-/m1/s1. The molecule has 2 amide bonds. The molecule has 2 heterocycles. The van der Waals surface area contributed by atoms with Gasteiger partial charge in [-0.1, -0.05) is 0 Å². The van der Waals surface area contributed by atoms with E-state index in [-0.39, 0.29) is 5.91 Å². The van der Waals surface area contributed by atoms with Gasteiger partial charge in [-0.15, -0.1) is 11.3 Å². The summed E-state index contributed by atoms with van der Waals surface area (Å²) in [6.45, 7) is 0.351. The second-order valence-electron chi connectivity index (χ2n) is 4.76. The summed E-state index contributed by atoms with van der Waals surface area (Å²) in [7, 11) is -1.90. The largest absolute Gasteiger partial charge is 0.355 e. The molecule has 1 aliphatic rings.